The summed E-state index contributed by atoms with van der Waals surface area (Å²) in [7, 11) is 1.63. The van der Waals surface area contributed by atoms with E-state index in [0.717, 1.165) is 0 Å². The molecule has 144 valence electrons. The number of hydrogen-bond donors (Lipinski definition) is 0. The normalized spacial score (nSPS) is 10.7. The molecule has 0 bridgehead atoms. The van der Waals surface area contributed by atoms with Crippen molar-refractivity contribution in [2.24, 2.45) is 7.05 Å². The van der Waals surface area contributed by atoms with Gasteiger partial charge in [-0.2, -0.15) is 4.98 Å². The lowest BCUT2D eigenvalue weighted by molar-refractivity contribution is 0.0950. The molecular formula is C22H17N3O4. The number of Topliss-reactive ketones (excluding diaryl/α,β-unsaturated/α-hetero) is 1. The Labute approximate surface area is 166 Å². The molecule has 2 heterocycles. The zero-order chi connectivity index (χ0) is 20.2. The minimum atomic E-state index is -0.320. The van der Waals surface area contributed by atoms with E-state index in [1.165, 1.54) is 10.6 Å². The highest BCUT2D eigenvalue weighted by Crippen LogP contribution is 2.26. The standard InChI is InChI=1S/C22H17N3O4/c1-25-14-15(10-11-20(25)27)12-19(26)22-23-21(24-29-22)16-6-5-9-18(13-16)28-17-7-3-2-4-8-17/h2-11,13-14H,12H2,1H3. The quantitative estimate of drug-likeness (QED) is 0.469. The number of ether oxygens (including phenoxy) is 1. The second kappa shape index (κ2) is 7.93. The Kier molecular flexibility index (Phi) is 5.03. The predicted octanol–water partition coefficient (Wildman–Crippen LogP) is 3.65. The van der Waals surface area contributed by atoms with Crippen LogP contribution in [-0.2, 0) is 13.5 Å². The summed E-state index contributed by atoms with van der Waals surface area (Å²) < 4.78 is 12.4. The van der Waals surface area contributed by atoms with Crippen LogP contribution in [-0.4, -0.2) is 20.5 Å². The maximum atomic E-state index is 12.5. The van der Waals surface area contributed by atoms with Gasteiger partial charge in [0.25, 0.3) is 5.89 Å². The van der Waals surface area contributed by atoms with Crippen LogP contribution in [0.4, 0.5) is 0 Å². The lowest BCUT2D eigenvalue weighted by atomic mass is 10.1. The average Bonchev–Trinajstić information content (AvgIpc) is 3.22. The van der Waals surface area contributed by atoms with E-state index in [-0.39, 0.29) is 23.7 Å². The fourth-order valence-electron chi connectivity index (χ4n) is 2.79. The molecule has 0 saturated heterocycles. The molecule has 4 rings (SSSR count). The summed E-state index contributed by atoms with van der Waals surface area (Å²) in [4.78, 5) is 28.1. The molecule has 2 aromatic heterocycles. The molecule has 0 radical (unpaired) electrons. The van der Waals surface area contributed by atoms with Gasteiger partial charge in [-0.05, 0) is 29.8 Å². The maximum absolute atomic E-state index is 12.5. The highest BCUT2D eigenvalue weighted by atomic mass is 16.5. The first kappa shape index (κ1) is 18.4. The van der Waals surface area contributed by atoms with Gasteiger partial charge in [0.1, 0.15) is 11.5 Å². The molecule has 0 atom stereocenters. The van der Waals surface area contributed by atoms with E-state index < -0.39 is 0 Å². The first-order valence-electron chi connectivity index (χ1n) is 8.94. The van der Waals surface area contributed by atoms with Crippen molar-refractivity contribution in [2.75, 3.05) is 0 Å². The number of aromatic nitrogens is 3. The number of benzene rings is 2. The average molecular weight is 387 g/mol. The number of aryl methyl sites for hydroxylation is 1. The van der Waals surface area contributed by atoms with E-state index in [0.29, 0.717) is 28.5 Å². The minimum Gasteiger partial charge on any atom is -0.457 e. The highest BCUT2D eigenvalue weighted by Gasteiger charge is 2.17. The Bertz CT molecular complexity index is 1210. The number of ketones is 1. The van der Waals surface area contributed by atoms with Crippen LogP contribution in [0.15, 0.2) is 82.2 Å². The Morgan fingerprint density at radius 1 is 1.03 bits per heavy atom. The van der Waals surface area contributed by atoms with Gasteiger partial charge in [0.05, 0.1) is 0 Å². The number of nitrogens with zero attached hydrogens (tertiary/aromatic N) is 3. The van der Waals surface area contributed by atoms with Crippen LogP contribution in [0, 0.1) is 0 Å². The van der Waals surface area contributed by atoms with Gasteiger partial charge < -0.3 is 13.8 Å². The first-order chi connectivity index (χ1) is 14.1. The Morgan fingerprint density at radius 2 is 1.83 bits per heavy atom. The van der Waals surface area contributed by atoms with E-state index in [9.17, 15) is 9.59 Å². The molecule has 0 aliphatic heterocycles. The SMILES string of the molecule is Cn1cc(CC(=O)c2nc(-c3cccc(Oc4ccccc4)c3)no2)ccc1=O. The summed E-state index contributed by atoms with van der Waals surface area (Å²) in [5.41, 5.74) is 1.22. The van der Waals surface area contributed by atoms with Crippen molar-refractivity contribution in [1.29, 1.82) is 0 Å². The fraction of sp³-hybridized carbons (Fsp3) is 0.0909. The van der Waals surface area contributed by atoms with Crippen LogP contribution in [0.2, 0.25) is 0 Å². The number of para-hydroxylation sites is 1. The maximum Gasteiger partial charge on any atom is 0.294 e. The van der Waals surface area contributed by atoms with Crippen molar-refractivity contribution >= 4 is 5.78 Å². The van der Waals surface area contributed by atoms with Gasteiger partial charge in [0, 0.05) is 31.3 Å². The third-order valence-corrected chi connectivity index (χ3v) is 4.25. The summed E-state index contributed by atoms with van der Waals surface area (Å²) in [6, 6.07) is 19.7. The molecule has 0 fully saturated rings. The lowest BCUT2D eigenvalue weighted by Gasteiger charge is -2.05. The third-order valence-electron chi connectivity index (χ3n) is 4.25. The van der Waals surface area contributed by atoms with Crippen molar-refractivity contribution in [3.63, 3.8) is 0 Å². The first-order valence-corrected chi connectivity index (χ1v) is 8.94. The number of hydrogen-bond acceptors (Lipinski definition) is 6. The highest BCUT2D eigenvalue weighted by molar-refractivity contribution is 5.93. The monoisotopic (exact) mass is 387 g/mol. The van der Waals surface area contributed by atoms with E-state index in [4.69, 9.17) is 9.26 Å². The van der Waals surface area contributed by atoms with Gasteiger partial charge in [-0.25, -0.2) is 0 Å². The van der Waals surface area contributed by atoms with E-state index in [1.54, 1.807) is 25.4 Å². The summed E-state index contributed by atoms with van der Waals surface area (Å²) in [5, 5.41) is 3.91. The Hall–Kier alpha value is -4.00. The molecule has 0 aliphatic carbocycles. The summed E-state index contributed by atoms with van der Waals surface area (Å²) in [6.45, 7) is 0. The third kappa shape index (κ3) is 4.30. The summed E-state index contributed by atoms with van der Waals surface area (Å²) >= 11 is 0. The van der Waals surface area contributed by atoms with E-state index in [2.05, 4.69) is 10.1 Å². The van der Waals surface area contributed by atoms with Gasteiger partial charge in [0.15, 0.2) is 0 Å². The molecule has 0 N–H and O–H groups in total. The van der Waals surface area contributed by atoms with Crippen LogP contribution < -0.4 is 10.3 Å². The molecular weight excluding hydrogens is 370 g/mol. The van der Waals surface area contributed by atoms with E-state index in [1.807, 2.05) is 48.5 Å². The molecule has 7 nitrogen and oxygen atoms in total. The molecule has 0 saturated carbocycles. The zero-order valence-corrected chi connectivity index (χ0v) is 15.6. The second-order valence-corrected chi connectivity index (χ2v) is 6.45. The van der Waals surface area contributed by atoms with Crippen molar-refractivity contribution < 1.29 is 14.1 Å². The Morgan fingerprint density at radius 3 is 2.62 bits per heavy atom. The second-order valence-electron chi connectivity index (χ2n) is 6.45. The van der Waals surface area contributed by atoms with Crippen LogP contribution in [0.25, 0.3) is 11.4 Å². The van der Waals surface area contributed by atoms with Gasteiger partial charge in [-0.1, -0.05) is 41.6 Å². The van der Waals surface area contributed by atoms with Crippen molar-refractivity contribution in [3.05, 3.63) is 94.7 Å². The van der Waals surface area contributed by atoms with Crippen LogP contribution in [0.1, 0.15) is 16.2 Å². The van der Waals surface area contributed by atoms with Gasteiger partial charge >= 0.3 is 0 Å². The number of carbonyl (C=O) groups is 1. The molecule has 0 unspecified atom stereocenters. The summed E-state index contributed by atoms with van der Waals surface area (Å²) in [6.07, 6.45) is 1.68. The summed E-state index contributed by atoms with van der Waals surface area (Å²) in [5.74, 6) is 1.23. The molecule has 0 spiro atoms. The fourth-order valence-corrected chi connectivity index (χ4v) is 2.79. The van der Waals surface area contributed by atoms with Crippen molar-refractivity contribution in [1.82, 2.24) is 14.7 Å². The van der Waals surface area contributed by atoms with Crippen LogP contribution >= 0.6 is 0 Å². The Balaban J connectivity index is 1.51. The predicted molar refractivity (Wildman–Crippen MR) is 106 cm³/mol. The number of carbonyl (C=O) groups excluding carboxylic acids is 1. The van der Waals surface area contributed by atoms with Crippen molar-refractivity contribution in [2.45, 2.75) is 6.42 Å². The van der Waals surface area contributed by atoms with Crippen molar-refractivity contribution in [3.8, 4) is 22.9 Å². The largest absolute Gasteiger partial charge is 0.457 e. The minimum absolute atomic E-state index is 0.0624. The number of pyridine rings is 1. The number of rotatable bonds is 6. The van der Waals surface area contributed by atoms with Crippen LogP contribution in [0.5, 0.6) is 11.5 Å². The topological polar surface area (TPSA) is 87.2 Å². The lowest BCUT2D eigenvalue weighted by Crippen LogP contribution is -2.16. The zero-order valence-electron chi connectivity index (χ0n) is 15.6. The van der Waals surface area contributed by atoms with E-state index >= 15 is 0 Å². The molecule has 0 amide bonds. The molecule has 29 heavy (non-hydrogen) atoms. The molecule has 7 heteroatoms. The van der Waals surface area contributed by atoms with Crippen LogP contribution in [0.3, 0.4) is 0 Å². The van der Waals surface area contributed by atoms with Gasteiger partial charge in [0.2, 0.25) is 17.2 Å². The molecule has 4 aromatic rings. The smallest absolute Gasteiger partial charge is 0.294 e. The molecule has 0 aliphatic rings. The molecule has 2 aromatic carbocycles. The van der Waals surface area contributed by atoms with Gasteiger partial charge in [-0.3, -0.25) is 9.59 Å². The van der Waals surface area contributed by atoms with Gasteiger partial charge in [-0.15, -0.1) is 0 Å².